The molecule has 0 radical (unpaired) electrons. The molecule has 6 nitrogen and oxygen atoms in total. The minimum absolute atomic E-state index is 0.0347. The van der Waals surface area contributed by atoms with Crippen molar-refractivity contribution in [3.05, 3.63) is 42.5 Å². The molecule has 2 aromatic rings. The summed E-state index contributed by atoms with van der Waals surface area (Å²) in [6, 6.07) is 12.1. The summed E-state index contributed by atoms with van der Waals surface area (Å²) in [4.78, 5) is 0.198. The first-order valence-electron chi connectivity index (χ1n) is 9.18. The molecule has 0 amide bonds. The highest BCUT2D eigenvalue weighted by atomic mass is 32.2. The van der Waals surface area contributed by atoms with Crippen LogP contribution in [-0.4, -0.2) is 57.9 Å². The Morgan fingerprint density at radius 3 is 2.52 bits per heavy atom. The highest BCUT2D eigenvalue weighted by Gasteiger charge is 2.40. The third kappa shape index (κ3) is 3.89. The molecule has 2 heterocycles. The van der Waals surface area contributed by atoms with Crippen molar-refractivity contribution < 1.29 is 21.6 Å². The number of ether oxygens (including phenoxy) is 1. The first-order chi connectivity index (χ1) is 12.9. The molecule has 4 rings (SSSR count). The molecular formula is C19H23NO5S2. The maximum atomic E-state index is 13.4. The van der Waals surface area contributed by atoms with Crippen LogP contribution in [0.1, 0.15) is 19.3 Å². The molecule has 0 spiro atoms. The van der Waals surface area contributed by atoms with Gasteiger partial charge in [-0.1, -0.05) is 30.3 Å². The predicted octanol–water partition coefficient (Wildman–Crippen LogP) is 2.20. The number of benzene rings is 2. The van der Waals surface area contributed by atoms with Crippen LogP contribution in [-0.2, 0) is 24.6 Å². The van der Waals surface area contributed by atoms with E-state index in [1.165, 1.54) is 4.31 Å². The van der Waals surface area contributed by atoms with Gasteiger partial charge in [-0.2, -0.15) is 4.31 Å². The molecule has 2 atom stereocenters. The van der Waals surface area contributed by atoms with Gasteiger partial charge < -0.3 is 4.74 Å². The first-order valence-corrected chi connectivity index (χ1v) is 12.4. The Morgan fingerprint density at radius 1 is 1.07 bits per heavy atom. The third-order valence-electron chi connectivity index (χ3n) is 5.35. The number of fused-ring (bicyclic) bond motifs is 1. The number of sulfonamides is 1. The van der Waals surface area contributed by atoms with Crippen LogP contribution in [0.2, 0.25) is 0 Å². The fourth-order valence-electron chi connectivity index (χ4n) is 3.90. The zero-order chi connectivity index (χ0) is 19.1. The maximum absolute atomic E-state index is 13.4. The van der Waals surface area contributed by atoms with Gasteiger partial charge >= 0.3 is 0 Å². The van der Waals surface area contributed by atoms with E-state index in [1.54, 1.807) is 18.2 Å². The Bertz CT molecular complexity index is 1040. The molecule has 0 saturated carbocycles. The third-order valence-corrected chi connectivity index (χ3v) is 9.02. The van der Waals surface area contributed by atoms with Gasteiger partial charge in [-0.25, -0.2) is 16.8 Å². The summed E-state index contributed by atoms with van der Waals surface area (Å²) in [5.74, 6) is -0.0839. The van der Waals surface area contributed by atoms with Gasteiger partial charge in [-0.3, -0.25) is 0 Å². The highest BCUT2D eigenvalue weighted by molar-refractivity contribution is 7.92. The van der Waals surface area contributed by atoms with Gasteiger partial charge in [-0.15, -0.1) is 0 Å². The van der Waals surface area contributed by atoms with Crippen molar-refractivity contribution in [3.8, 4) is 0 Å². The molecular weight excluding hydrogens is 386 g/mol. The Kier molecular flexibility index (Phi) is 5.00. The zero-order valence-corrected chi connectivity index (χ0v) is 16.6. The summed E-state index contributed by atoms with van der Waals surface area (Å²) in [5.41, 5.74) is 0. The standard InChI is InChI=1S/C19H23NO5S2/c21-26(22)11-9-17(14-26)20(13-18-6-3-10-25-18)27(23,24)19-8-7-15-4-1-2-5-16(15)12-19/h1-2,4-5,7-8,12,17-18H,3,6,9-11,13-14H2/t17-,18-/m1/s1. The number of nitrogens with zero attached hydrogens (tertiary/aromatic N) is 1. The van der Waals surface area contributed by atoms with E-state index in [0.717, 1.165) is 23.6 Å². The van der Waals surface area contributed by atoms with E-state index < -0.39 is 25.9 Å². The Hall–Kier alpha value is -1.48. The van der Waals surface area contributed by atoms with Crippen LogP contribution < -0.4 is 0 Å². The van der Waals surface area contributed by atoms with Crippen LogP contribution in [0, 0.1) is 0 Å². The average molecular weight is 410 g/mol. The van der Waals surface area contributed by atoms with Crippen molar-refractivity contribution >= 4 is 30.6 Å². The van der Waals surface area contributed by atoms with Crippen molar-refractivity contribution in [1.82, 2.24) is 4.31 Å². The molecule has 0 aliphatic carbocycles. The second kappa shape index (κ2) is 7.16. The number of sulfone groups is 1. The molecule has 2 saturated heterocycles. The Labute approximate surface area is 160 Å². The van der Waals surface area contributed by atoms with Crippen LogP contribution in [0.25, 0.3) is 10.8 Å². The molecule has 2 fully saturated rings. The lowest BCUT2D eigenvalue weighted by atomic mass is 10.1. The van der Waals surface area contributed by atoms with Gasteiger partial charge in [0.15, 0.2) is 9.84 Å². The molecule has 0 unspecified atom stereocenters. The van der Waals surface area contributed by atoms with Crippen LogP contribution in [0.5, 0.6) is 0 Å². The fourth-order valence-corrected chi connectivity index (χ4v) is 7.44. The van der Waals surface area contributed by atoms with Gasteiger partial charge in [0, 0.05) is 19.2 Å². The summed E-state index contributed by atoms with van der Waals surface area (Å²) in [7, 11) is -7.02. The molecule has 2 aliphatic heterocycles. The lowest BCUT2D eigenvalue weighted by Crippen LogP contribution is -2.45. The predicted molar refractivity (Wildman–Crippen MR) is 104 cm³/mol. The maximum Gasteiger partial charge on any atom is 0.243 e. The Morgan fingerprint density at radius 2 is 1.85 bits per heavy atom. The Balaban J connectivity index is 1.71. The summed E-state index contributed by atoms with van der Waals surface area (Å²) in [6.45, 7) is 0.826. The van der Waals surface area contributed by atoms with E-state index in [9.17, 15) is 16.8 Å². The molecule has 0 N–H and O–H groups in total. The van der Waals surface area contributed by atoms with E-state index in [0.29, 0.717) is 13.0 Å². The average Bonchev–Trinajstić information content (AvgIpc) is 3.28. The normalized spacial score (nSPS) is 25.4. The van der Waals surface area contributed by atoms with E-state index in [4.69, 9.17) is 4.74 Å². The summed E-state index contributed by atoms with van der Waals surface area (Å²) in [5, 5.41) is 1.81. The van der Waals surface area contributed by atoms with Crippen molar-refractivity contribution in [3.63, 3.8) is 0 Å². The van der Waals surface area contributed by atoms with Crippen LogP contribution in [0.15, 0.2) is 47.4 Å². The van der Waals surface area contributed by atoms with Gasteiger partial charge in [0.05, 0.1) is 22.5 Å². The molecule has 0 bridgehead atoms. The van der Waals surface area contributed by atoms with Crippen molar-refractivity contribution in [2.45, 2.75) is 36.3 Å². The minimum Gasteiger partial charge on any atom is -0.377 e. The zero-order valence-electron chi connectivity index (χ0n) is 15.0. The van der Waals surface area contributed by atoms with Crippen molar-refractivity contribution in [2.75, 3.05) is 24.7 Å². The monoisotopic (exact) mass is 409 g/mol. The van der Waals surface area contributed by atoms with Crippen LogP contribution >= 0.6 is 0 Å². The van der Waals surface area contributed by atoms with Crippen LogP contribution in [0.4, 0.5) is 0 Å². The second-order valence-corrected chi connectivity index (χ2v) is 11.4. The largest absolute Gasteiger partial charge is 0.377 e. The number of hydrogen-bond donors (Lipinski definition) is 0. The van der Waals surface area contributed by atoms with Gasteiger partial charge in [0.25, 0.3) is 0 Å². The number of rotatable bonds is 5. The van der Waals surface area contributed by atoms with Gasteiger partial charge in [0.2, 0.25) is 10.0 Å². The van der Waals surface area contributed by atoms with E-state index in [-0.39, 0.29) is 29.0 Å². The van der Waals surface area contributed by atoms with Gasteiger partial charge in [-0.05, 0) is 42.2 Å². The van der Waals surface area contributed by atoms with Crippen molar-refractivity contribution in [2.24, 2.45) is 0 Å². The number of hydrogen-bond acceptors (Lipinski definition) is 5. The van der Waals surface area contributed by atoms with Crippen molar-refractivity contribution in [1.29, 1.82) is 0 Å². The first kappa shape index (κ1) is 18.9. The fraction of sp³-hybridized carbons (Fsp3) is 0.474. The smallest absolute Gasteiger partial charge is 0.243 e. The summed E-state index contributed by atoms with van der Waals surface area (Å²) >= 11 is 0. The molecule has 2 aliphatic rings. The lowest BCUT2D eigenvalue weighted by molar-refractivity contribution is 0.0877. The van der Waals surface area contributed by atoms with E-state index >= 15 is 0 Å². The highest BCUT2D eigenvalue weighted by Crippen LogP contribution is 2.29. The second-order valence-electron chi connectivity index (χ2n) is 7.28. The molecule has 2 aromatic carbocycles. The quantitative estimate of drug-likeness (QED) is 0.756. The lowest BCUT2D eigenvalue weighted by Gasteiger charge is -2.29. The molecule has 27 heavy (non-hydrogen) atoms. The van der Waals surface area contributed by atoms with E-state index in [2.05, 4.69) is 0 Å². The molecule has 146 valence electrons. The summed E-state index contributed by atoms with van der Waals surface area (Å²) in [6.07, 6.45) is 1.85. The van der Waals surface area contributed by atoms with Gasteiger partial charge in [0.1, 0.15) is 0 Å². The summed E-state index contributed by atoms with van der Waals surface area (Å²) < 4.78 is 57.8. The SMILES string of the molecule is O=S1(=O)CC[C@@H](N(C[C@H]2CCCO2)S(=O)(=O)c2ccc3ccccc3c2)C1. The molecule has 0 aromatic heterocycles. The van der Waals surface area contributed by atoms with E-state index in [1.807, 2.05) is 24.3 Å². The van der Waals surface area contributed by atoms with Crippen LogP contribution in [0.3, 0.4) is 0 Å². The molecule has 8 heteroatoms. The minimum atomic E-state index is -3.82. The topological polar surface area (TPSA) is 80.8 Å².